The molecule has 2 heterocycles. The van der Waals surface area contributed by atoms with Crippen molar-refractivity contribution in [3.05, 3.63) is 52.4 Å². The molecule has 0 saturated carbocycles. The molecule has 0 radical (unpaired) electrons. The maximum absolute atomic E-state index is 11.7. The zero-order valence-corrected chi connectivity index (χ0v) is 9.74. The molecule has 1 atom stereocenters. The van der Waals surface area contributed by atoms with E-state index >= 15 is 0 Å². The quantitative estimate of drug-likeness (QED) is 0.848. The van der Waals surface area contributed by atoms with Crippen LogP contribution < -0.4 is 16.0 Å². The Morgan fingerprint density at radius 1 is 1.44 bits per heavy atom. The van der Waals surface area contributed by atoms with Crippen LogP contribution in [-0.4, -0.2) is 15.9 Å². The molecule has 1 aromatic heterocycles. The summed E-state index contributed by atoms with van der Waals surface area (Å²) < 4.78 is 7.15. The van der Waals surface area contributed by atoms with Crippen molar-refractivity contribution < 1.29 is 4.74 Å². The molecule has 1 aromatic carbocycles. The lowest BCUT2D eigenvalue weighted by Gasteiger charge is -2.11. The van der Waals surface area contributed by atoms with Gasteiger partial charge in [-0.05, 0) is 11.6 Å². The Bertz CT molecular complexity index is 611. The SMILES string of the molecule is Nc1cnn(CC2Cc3ccccc3O2)c(=O)c1. The number of nitrogens with zero attached hydrogens (tertiary/aromatic N) is 2. The van der Waals surface area contributed by atoms with E-state index < -0.39 is 0 Å². The number of hydrogen-bond acceptors (Lipinski definition) is 4. The predicted molar refractivity (Wildman–Crippen MR) is 67.5 cm³/mol. The van der Waals surface area contributed by atoms with Gasteiger partial charge in [-0.2, -0.15) is 5.10 Å². The Kier molecular flexibility index (Phi) is 2.51. The van der Waals surface area contributed by atoms with Crippen LogP contribution >= 0.6 is 0 Å². The number of para-hydroxylation sites is 1. The van der Waals surface area contributed by atoms with E-state index in [9.17, 15) is 4.79 Å². The first kappa shape index (κ1) is 10.8. The Hall–Kier alpha value is -2.30. The Morgan fingerprint density at radius 3 is 3.06 bits per heavy atom. The zero-order chi connectivity index (χ0) is 12.5. The molecule has 1 aliphatic heterocycles. The summed E-state index contributed by atoms with van der Waals surface area (Å²) in [5.41, 5.74) is 6.85. The third kappa shape index (κ3) is 1.95. The molecule has 2 N–H and O–H groups in total. The monoisotopic (exact) mass is 243 g/mol. The summed E-state index contributed by atoms with van der Waals surface area (Å²) in [5.74, 6) is 0.894. The fraction of sp³-hybridized carbons (Fsp3) is 0.231. The van der Waals surface area contributed by atoms with Gasteiger partial charge in [0.2, 0.25) is 0 Å². The standard InChI is InChI=1S/C13H13N3O2/c14-10-6-13(17)16(15-7-10)8-11-5-9-3-1-2-4-12(9)18-11/h1-4,6-7,11H,5,8,14H2. The number of anilines is 1. The van der Waals surface area contributed by atoms with Crippen LogP contribution in [0.5, 0.6) is 5.75 Å². The summed E-state index contributed by atoms with van der Waals surface area (Å²) in [6.07, 6.45) is 2.23. The van der Waals surface area contributed by atoms with Gasteiger partial charge in [0.25, 0.3) is 5.56 Å². The van der Waals surface area contributed by atoms with E-state index in [1.807, 2.05) is 24.3 Å². The van der Waals surface area contributed by atoms with Crippen LogP contribution in [0, 0.1) is 0 Å². The predicted octanol–water partition coefficient (Wildman–Crippen LogP) is 0.829. The summed E-state index contributed by atoms with van der Waals surface area (Å²) in [7, 11) is 0. The Morgan fingerprint density at radius 2 is 2.28 bits per heavy atom. The molecule has 0 fully saturated rings. The molecule has 1 aliphatic rings. The first-order valence-corrected chi connectivity index (χ1v) is 5.79. The lowest BCUT2D eigenvalue weighted by Crippen LogP contribution is -2.30. The van der Waals surface area contributed by atoms with Crippen molar-refractivity contribution in [3.63, 3.8) is 0 Å². The van der Waals surface area contributed by atoms with Crippen LogP contribution in [-0.2, 0) is 13.0 Å². The molecule has 18 heavy (non-hydrogen) atoms. The molecule has 2 aromatic rings. The van der Waals surface area contributed by atoms with E-state index in [2.05, 4.69) is 5.10 Å². The number of aromatic nitrogens is 2. The molecule has 5 nitrogen and oxygen atoms in total. The van der Waals surface area contributed by atoms with Gasteiger partial charge >= 0.3 is 0 Å². The normalized spacial score (nSPS) is 17.2. The van der Waals surface area contributed by atoms with Crippen molar-refractivity contribution in [2.75, 3.05) is 5.73 Å². The van der Waals surface area contributed by atoms with Gasteiger partial charge in [0.15, 0.2) is 0 Å². The third-order valence-electron chi connectivity index (χ3n) is 2.98. The van der Waals surface area contributed by atoms with Crippen molar-refractivity contribution in [2.24, 2.45) is 0 Å². The van der Waals surface area contributed by atoms with Gasteiger partial charge in [0, 0.05) is 12.5 Å². The summed E-state index contributed by atoms with van der Waals surface area (Å²) in [5, 5.41) is 4.00. The van der Waals surface area contributed by atoms with Gasteiger partial charge in [-0.15, -0.1) is 0 Å². The van der Waals surface area contributed by atoms with Gasteiger partial charge in [-0.1, -0.05) is 18.2 Å². The number of benzene rings is 1. The van der Waals surface area contributed by atoms with Crippen molar-refractivity contribution in [3.8, 4) is 5.75 Å². The Balaban J connectivity index is 1.78. The highest BCUT2D eigenvalue weighted by Crippen LogP contribution is 2.28. The van der Waals surface area contributed by atoms with E-state index in [1.165, 1.54) is 22.5 Å². The second-order valence-electron chi connectivity index (χ2n) is 4.36. The molecule has 5 heteroatoms. The van der Waals surface area contributed by atoms with E-state index in [4.69, 9.17) is 10.5 Å². The maximum Gasteiger partial charge on any atom is 0.268 e. The number of nitrogens with two attached hydrogens (primary N) is 1. The topological polar surface area (TPSA) is 70.1 Å². The highest BCUT2D eigenvalue weighted by atomic mass is 16.5. The van der Waals surface area contributed by atoms with Crippen LogP contribution in [0.25, 0.3) is 0 Å². The molecule has 92 valence electrons. The van der Waals surface area contributed by atoms with Crippen LogP contribution in [0.15, 0.2) is 41.3 Å². The number of hydrogen-bond donors (Lipinski definition) is 1. The van der Waals surface area contributed by atoms with Gasteiger partial charge in [-0.3, -0.25) is 4.79 Å². The fourth-order valence-corrected chi connectivity index (χ4v) is 2.13. The number of fused-ring (bicyclic) bond motifs is 1. The van der Waals surface area contributed by atoms with E-state index in [1.54, 1.807) is 0 Å². The number of nitrogen functional groups attached to an aromatic ring is 1. The molecular formula is C13H13N3O2. The molecule has 0 aliphatic carbocycles. The first-order valence-electron chi connectivity index (χ1n) is 5.79. The molecule has 1 unspecified atom stereocenters. The summed E-state index contributed by atoms with van der Waals surface area (Å²) in [6, 6.07) is 9.27. The van der Waals surface area contributed by atoms with Crippen LogP contribution in [0.4, 0.5) is 5.69 Å². The Labute approximate surface area is 104 Å². The van der Waals surface area contributed by atoms with E-state index in [0.29, 0.717) is 12.2 Å². The van der Waals surface area contributed by atoms with Crippen molar-refractivity contribution in [1.29, 1.82) is 0 Å². The van der Waals surface area contributed by atoms with Crippen molar-refractivity contribution >= 4 is 5.69 Å². The van der Waals surface area contributed by atoms with Crippen molar-refractivity contribution in [1.82, 2.24) is 9.78 Å². The van der Waals surface area contributed by atoms with Gasteiger partial charge < -0.3 is 10.5 Å². The zero-order valence-electron chi connectivity index (χ0n) is 9.74. The minimum atomic E-state index is -0.199. The van der Waals surface area contributed by atoms with Gasteiger partial charge in [0.05, 0.1) is 18.4 Å². The molecule has 3 rings (SSSR count). The molecular weight excluding hydrogens is 230 g/mol. The maximum atomic E-state index is 11.7. The molecule has 0 bridgehead atoms. The molecule has 0 saturated heterocycles. The van der Waals surface area contributed by atoms with Crippen LogP contribution in [0.3, 0.4) is 0 Å². The fourth-order valence-electron chi connectivity index (χ4n) is 2.13. The second kappa shape index (κ2) is 4.18. The second-order valence-corrected chi connectivity index (χ2v) is 4.36. The smallest absolute Gasteiger partial charge is 0.268 e. The van der Waals surface area contributed by atoms with Crippen molar-refractivity contribution in [2.45, 2.75) is 19.1 Å². The largest absolute Gasteiger partial charge is 0.488 e. The first-order chi connectivity index (χ1) is 8.72. The minimum Gasteiger partial charge on any atom is -0.488 e. The minimum absolute atomic E-state index is 0.0452. The summed E-state index contributed by atoms with van der Waals surface area (Å²) >= 11 is 0. The van der Waals surface area contributed by atoms with E-state index in [-0.39, 0.29) is 11.7 Å². The van der Waals surface area contributed by atoms with Crippen LogP contribution in [0.1, 0.15) is 5.56 Å². The van der Waals surface area contributed by atoms with E-state index in [0.717, 1.165) is 12.2 Å². The van der Waals surface area contributed by atoms with Crippen LogP contribution in [0.2, 0.25) is 0 Å². The average molecular weight is 243 g/mol. The molecule has 0 spiro atoms. The highest BCUT2D eigenvalue weighted by molar-refractivity contribution is 5.37. The lowest BCUT2D eigenvalue weighted by molar-refractivity contribution is 0.200. The molecule has 0 amide bonds. The van der Waals surface area contributed by atoms with Gasteiger partial charge in [-0.25, -0.2) is 4.68 Å². The average Bonchev–Trinajstić information content (AvgIpc) is 2.75. The number of ether oxygens (including phenoxy) is 1. The third-order valence-corrected chi connectivity index (χ3v) is 2.98. The summed E-state index contributed by atoms with van der Waals surface area (Å²) in [6.45, 7) is 0.438. The lowest BCUT2D eigenvalue weighted by atomic mass is 10.1. The number of rotatable bonds is 2. The summed E-state index contributed by atoms with van der Waals surface area (Å²) in [4.78, 5) is 11.7. The highest BCUT2D eigenvalue weighted by Gasteiger charge is 2.23. The van der Waals surface area contributed by atoms with Gasteiger partial charge in [0.1, 0.15) is 11.9 Å².